The first-order valence-electron chi connectivity index (χ1n) is 7.78. The van der Waals surface area contributed by atoms with Crippen molar-refractivity contribution in [2.45, 2.75) is 23.9 Å². The first kappa shape index (κ1) is 17.4. The monoisotopic (exact) mass is 361 g/mol. The molecule has 3 rings (SSSR count). The lowest BCUT2D eigenvalue weighted by molar-refractivity contribution is -0.145. The maximum atomic E-state index is 13.1. The summed E-state index contributed by atoms with van der Waals surface area (Å²) in [6.45, 7) is 0.129. The van der Waals surface area contributed by atoms with E-state index in [1.54, 1.807) is 12.1 Å². The molecule has 2 aromatic carbocycles. The van der Waals surface area contributed by atoms with Crippen LogP contribution in [0.1, 0.15) is 11.1 Å². The topological polar surface area (TPSA) is 72.9 Å². The van der Waals surface area contributed by atoms with E-state index in [-0.39, 0.29) is 17.9 Å². The van der Waals surface area contributed by atoms with Crippen LogP contribution in [-0.2, 0) is 32.5 Å². The number of benzene rings is 2. The van der Waals surface area contributed by atoms with Gasteiger partial charge in [0, 0.05) is 13.0 Å². The molecule has 0 saturated heterocycles. The molecule has 7 heteroatoms. The SMILES string of the molecule is COC(=O)C1Cc2ccccc2CN1S(=O)(=O)c1ccc(OC)cc1. The number of esters is 1. The number of sulfonamides is 1. The maximum Gasteiger partial charge on any atom is 0.324 e. The van der Waals surface area contributed by atoms with Crippen molar-refractivity contribution in [1.82, 2.24) is 4.31 Å². The molecule has 0 saturated carbocycles. The van der Waals surface area contributed by atoms with Crippen LogP contribution in [-0.4, -0.2) is 39.0 Å². The normalized spacial score (nSPS) is 17.6. The number of rotatable bonds is 4. The Morgan fingerprint density at radius 3 is 2.28 bits per heavy atom. The van der Waals surface area contributed by atoms with Gasteiger partial charge in [-0.05, 0) is 35.4 Å². The fourth-order valence-corrected chi connectivity index (χ4v) is 4.53. The number of fused-ring (bicyclic) bond motifs is 1. The predicted octanol–water partition coefficient (Wildman–Crippen LogP) is 1.98. The smallest absolute Gasteiger partial charge is 0.324 e. The largest absolute Gasteiger partial charge is 0.497 e. The summed E-state index contributed by atoms with van der Waals surface area (Å²) in [4.78, 5) is 12.3. The molecule has 0 amide bonds. The van der Waals surface area contributed by atoms with Gasteiger partial charge >= 0.3 is 5.97 Å². The van der Waals surface area contributed by atoms with Gasteiger partial charge in [0.25, 0.3) is 0 Å². The lowest BCUT2D eigenvalue weighted by Crippen LogP contribution is -2.48. The summed E-state index contributed by atoms with van der Waals surface area (Å²) in [5.74, 6) is -0.000882. The fraction of sp³-hybridized carbons (Fsp3) is 0.278. The van der Waals surface area contributed by atoms with E-state index < -0.39 is 22.0 Å². The Hall–Kier alpha value is -2.38. The van der Waals surface area contributed by atoms with Crippen molar-refractivity contribution in [2.75, 3.05) is 14.2 Å². The van der Waals surface area contributed by atoms with E-state index in [0.29, 0.717) is 5.75 Å². The first-order chi connectivity index (χ1) is 12.0. The molecule has 0 fully saturated rings. The number of carbonyl (C=O) groups excluding carboxylic acids is 1. The van der Waals surface area contributed by atoms with Crippen LogP contribution in [0.25, 0.3) is 0 Å². The molecule has 1 aliphatic rings. The molecule has 0 radical (unpaired) electrons. The molecule has 0 N–H and O–H groups in total. The Morgan fingerprint density at radius 2 is 1.68 bits per heavy atom. The van der Waals surface area contributed by atoms with E-state index in [1.165, 1.54) is 30.7 Å². The Balaban J connectivity index is 2.03. The highest BCUT2D eigenvalue weighted by Gasteiger charge is 2.40. The zero-order valence-corrected chi connectivity index (χ0v) is 14.8. The minimum Gasteiger partial charge on any atom is -0.497 e. The number of hydrogen-bond donors (Lipinski definition) is 0. The van der Waals surface area contributed by atoms with Crippen molar-refractivity contribution in [3.8, 4) is 5.75 Å². The van der Waals surface area contributed by atoms with Crippen molar-refractivity contribution in [3.05, 3.63) is 59.7 Å². The molecular formula is C18H19NO5S. The van der Waals surface area contributed by atoms with Gasteiger partial charge in [-0.25, -0.2) is 8.42 Å². The molecule has 25 heavy (non-hydrogen) atoms. The van der Waals surface area contributed by atoms with E-state index in [1.807, 2.05) is 24.3 Å². The average molecular weight is 361 g/mol. The van der Waals surface area contributed by atoms with Crippen LogP contribution in [0.3, 0.4) is 0 Å². The summed E-state index contributed by atoms with van der Waals surface area (Å²) in [6.07, 6.45) is 0.290. The number of carbonyl (C=O) groups is 1. The molecule has 1 unspecified atom stereocenters. The van der Waals surface area contributed by atoms with Crippen molar-refractivity contribution < 1.29 is 22.7 Å². The second-order valence-corrected chi connectivity index (χ2v) is 7.63. The standard InChI is InChI=1S/C18H19NO5S/c1-23-15-7-9-16(10-8-15)25(21,22)19-12-14-6-4-3-5-13(14)11-17(19)18(20)24-2/h3-10,17H,11-12H2,1-2H3. The summed E-state index contributed by atoms with van der Waals surface area (Å²) in [5.41, 5.74) is 1.85. The van der Waals surface area contributed by atoms with Crippen LogP contribution in [0.2, 0.25) is 0 Å². The van der Waals surface area contributed by atoms with Crippen LogP contribution < -0.4 is 4.74 Å². The highest BCUT2D eigenvalue weighted by atomic mass is 32.2. The molecule has 1 aliphatic heterocycles. The molecule has 2 aromatic rings. The third kappa shape index (κ3) is 3.25. The third-order valence-corrected chi connectivity index (χ3v) is 6.21. The van der Waals surface area contributed by atoms with Gasteiger partial charge < -0.3 is 9.47 Å². The van der Waals surface area contributed by atoms with Gasteiger partial charge in [0.1, 0.15) is 11.8 Å². The molecule has 1 heterocycles. The lowest BCUT2D eigenvalue weighted by atomic mass is 9.96. The second-order valence-electron chi connectivity index (χ2n) is 5.74. The lowest BCUT2D eigenvalue weighted by Gasteiger charge is -2.34. The number of nitrogens with zero attached hydrogens (tertiary/aromatic N) is 1. The van der Waals surface area contributed by atoms with Crippen molar-refractivity contribution >= 4 is 16.0 Å². The molecule has 0 spiro atoms. The summed E-state index contributed by atoms with van der Waals surface area (Å²) in [5, 5.41) is 0. The number of hydrogen-bond acceptors (Lipinski definition) is 5. The Kier molecular flexibility index (Phi) is 4.78. The van der Waals surface area contributed by atoms with Crippen molar-refractivity contribution in [2.24, 2.45) is 0 Å². The molecule has 0 bridgehead atoms. The van der Waals surface area contributed by atoms with E-state index in [4.69, 9.17) is 9.47 Å². The average Bonchev–Trinajstić information content (AvgIpc) is 2.66. The van der Waals surface area contributed by atoms with Crippen molar-refractivity contribution in [1.29, 1.82) is 0 Å². The highest BCUT2D eigenvalue weighted by molar-refractivity contribution is 7.89. The molecule has 132 valence electrons. The van der Waals surface area contributed by atoms with Gasteiger partial charge in [-0.15, -0.1) is 0 Å². The van der Waals surface area contributed by atoms with Crippen LogP contribution in [0.5, 0.6) is 5.75 Å². The maximum absolute atomic E-state index is 13.1. The minimum absolute atomic E-state index is 0.113. The number of ether oxygens (including phenoxy) is 2. The zero-order valence-electron chi connectivity index (χ0n) is 14.0. The fourth-order valence-electron chi connectivity index (χ4n) is 2.97. The van der Waals surface area contributed by atoms with E-state index >= 15 is 0 Å². The van der Waals surface area contributed by atoms with Gasteiger partial charge in [-0.2, -0.15) is 4.31 Å². The Labute approximate surface area is 147 Å². The molecule has 6 nitrogen and oxygen atoms in total. The van der Waals surface area contributed by atoms with Gasteiger partial charge in [0.15, 0.2) is 0 Å². The first-order valence-corrected chi connectivity index (χ1v) is 9.22. The predicted molar refractivity (Wildman–Crippen MR) is 91.7 cm³/mol. The van der Waals surface area contributed by atoms with Gasteiger partial charge in [0.05, 0.1) is 19.1 Å². The van der Waals surface area contributed by atoms with E-state index in [9.17, 15) is 13.2 Å². The summed E-state index contributed by atoms with van der Waals surface area (Å²) >= 11 is 0. The Morgan fingerprint density at radius 1 is 1.04 bits per heavy atom. The van der Waals surface area contributed by atoms with E-state index in [0.717, 1.165) is 11.1 Å². The van der Waals surface area contributed by atoms with Gasteiger partial charge in [-0.1, -0.05) is 24.3 Å². The van der Waals surface area contributed by atoms with Crippen LogP contribution in [0.4, 0.5) is 0 Å². The third-order valence-electron chi connectivity index (χ3n) is 4.34. The van der Waals surface area contributed by atoms with E-state index in [2.05, 4.69) is 0 Å². The van der Waals surface area contributed by atoms with Gasteiger partial charge in [-0.3, -0.25) is 4.79 Å². The highest BCUT2D eigenvalue weighted by Crippen LogP contribution is 2.30. The molecular weight excluding hydrogens is 342 g/mol. The summed E-state index contributed by atoms with van der Waals surface area (Å²) in [7, 11) is -1.08. The van der Waals surface area contributed by atoms with Crippen LogP contribution in [0.15, 0.2) is 53.4 Å². The second kappa shape index (κ2) is 6.85. The minimum atomic E-state index is -3.86. The zero-order chi connectivity index (χ0) is 18.0. The quantitative estimate of drug-likeness (QED) is 0.779. The number of methoxy groups -OCH3 is 2. The van der Waals surface area contributed by atoms with Crippen LogP contribution in [0, 0.1) is 0 Å². The van der Waals surface area contributed by atoms with Crippen LogP contribution >= 0.6 is 0 Å². The molecule has 0 aliphatic carbocycles. The molecule has 1 atom stereocenters. The summed E-state index contributed by atoms with van der Waals surface area (Å²) < 4.78 is 37.3. The summed E-state index contributed by atoms with van der Waals surface area (Å²) in [6, 6.07) is 12.7. The Bertz CT molecular complexity index is 877. The van der Waals surface area contributed by atoms with Gasteiger partial charge in [0.2, 0.25) is 10.0 Å². The van der Waals surface area contributed by atoms with Crippen molar-refractivity contribution in [3.63, 3.8) is 0 Å². The molecule has 0 aromatic heterocycles.